The zero-order valence-electron chi connectivity index (χ0n) is 17.8. The van der Waals surface area contributed by atoms with Gasteiger partial charge in [0.25, 0.3) is 5.91 Å². The first-order valence-corrected chi connectivity index (χ1v) is 10.7. The van der Waals surface area contributed by atoms with E-state index in [1.807, 2.05) is 46.0 Å². The van der Waals surface area contributed by atoms with Crippen LogP contribution in [0.3, 0.4) is 0 Å². The van der Waals surface area contributed by atoms with Gasteiger partial charge in [0.15, 0.2) is 0 Å². The Balaban J connectivity index is 1.64. The average molecular weight is 434 g/mol. The summed E-state index contributed by atoms with van der Waals surface area (Å²) in [5, 5.41) is 17.8. The second-order valence-electron chi connectivity index (χ2n) is 8.19. The van der Waals surface area contributed by atoms with Crippen LogP contribution in [0.4, 0.5) is 5.69 Å². The number of hydrogen-bond acceptors (Lipinski definition) is 4. The summed E-state index contributed by atoms with van der Waals surface area (Å²) in [5.74, 6) is -0.0476. The standard InChI is InChI=1S/C24H24ClN5O/c1-15(2)27-21-10-19(25)8-9-20(21)22-11-23-24(31)29(13-16(3)30(23)28-22)14-18-6-4-17(12-26)5-7-18/h4-11,15-16,27H,13-14H2,1-3H3/t16-/m0/s1. The van der Waals surface area contributed by atoms with Gasteiger partial charge in [0, 0.05) is 35.4 Å². The lowest BCUT2D eigenvalue weighted by Crippen LogP contribution is -2.41. The maximum Gasteiger partial charge on any atom is 0.272 e. The highest BCUT2D eigenvalue weighted by Crippen LogP contribution is 2.33. The van der Waals surface area contributed by atoms with Crippen molar-refractivity contribution in [2.45, 2.75) is 39.4 Å². The maximum absolute atomic E-state index is 13.2. The summed E-state index contributed by atoms with van der Waals surface area (Å²) in [4.78, 5) is 15.1. The van der Waals surface area contributed by atoms with Gasteiger partial charge < -0.3 is 10.2 Å². The van der Waals surface area contributed by atoms with Crippen molar-refractivity contribution >= 4 is 23.2 Å². The third kappa shape index (κ3) is 4.28. The summed E-state index contributed by atoms with van der Waals surface area (Å²) in [7, 11) is 0. The Morgan fingerprint density at radius 3 is 2.65 bits per heavy atom. The van der Waals surface area contributed by atoms with E-state index < -0.39 is 0 Å². The number of aromatic nitrogens is 2. The zero-order valence-corrected chi connectivity index (χ0v) is 18.5. The highest BCUT2D eigenvalue weighted by molar-refractivity contribution is 6.31. The van der Waals surface area contributed by atoms with Crippen LogP contribution in [-0.2, 0) is 6.54 Å². The first kappa shape index (κ1) is 21.0. The Labute approximate surface area is 187 Å². The molecule has 1 aromatic heterocycles. The second kappa shape index (κ2) is 8.44. The molecule has 0 aliphatic carbocycles. The van der Waals surface area contributed by atoms with E-state index in [9.17, 15) is 4.79 Å². The molecule has 1 N–H and O–H groups in total. The fourth-order valence-corrected chi connectivity index (χ4v) is 4.05. The van der Waals surface area contributed by atoms with Gasteiger partial charge in [-0.15, -0.1) is 0 Å². The molecule has 0 fully saturated rings. The van der Waals surface area contributed by atoms with Crippen LogP contribution < -0.4 is 5.32 Å². The highest BCUT2D eigenvalue weighted by Gasteiger charge is 2.31. The molecule has 2 heterocycles. The number of nitrogens with one attached hydrogen (secondary N) is 1. The average Bonchev–Trinajstić information content (AvgIpc) is 3.18. The third-order valence-electron chi connectivity index (χ3n) is 5.30. The quantitative estimate of drug-likeness (QED) is 0.606. The Hall–Kier alpha value is -3.30. The molecule has 0 spiro atoms. The number of fused-ring (bicyclic) bond motifs is 1. The summed E-state index contributed by atoms with van der Waals surface area (Å²) < 4.78 is 1.82. The number of amides is 1. The van der Waals surface area contributed by atoms with Crippen molar-refractivity contribution in [3.63, 3.8) is 0 Å². The van der Waals surface area contributed by atoms with Gasteiger partial charge >= 0.3 is 0 Å². The maximum atomic E-state index is 13.2. The number of anilines is 1. The van der Waals surface area contributed by atoms with Crippen molar-refractivity contribution in [1.29, 1.82) is 5.26 Å². The van der Waals surface area contributed by atoms with Crippen molar-refractivity contribution in [2.75, 3.05) is 11.9 Å². The summed E-state index contributed by atoms with van der Waals surface area (Å²) in [6, 6.07) is 17.3. The first-order chi connectivity index (χ1) is 14.9. The SMILES string of the molecule is CC(C)Nc1cc(Cl)ccc1-c1cc2n(n1)[C@@H](C)CN(Cc1ccc(C#N)cc1)C2=O. The molecule has 0 unspecified atom stereocenters. The predicted octanol–water partition coefficient (Wildman–Crippen LogP) is 5.11. The lowest BCUT2D eigenvalue weighted by Gasteiger charge is -2.31. The van der Waals surface area contributed by atoms with Crippen molar-refractivity contribution in [1.82, 2.24) is 14.7 Å². The van der Waals surface area contributed by atoms with Crippen LogP contribution in [0.25, 0.3) is 11.3 Å². The number of hydrogen-bond donors (Lipinski definition) is 1. The molecule has 3 aromatic rings. The number of nitrogens with zero attached hydrogens (tertiary/aromatic N) is 4. The van der Waals surface area contributed by atoms with E-state index in [-0.39, 0.29) is 18.0 Å². The van der Waals surface area contributed by atoms with Crippen LogP contribution in [0.1, 0.15) is 48.4 Å². The zero-order chi connectivity index (χ0) is 22.1. The Bertz CT molecular complexity index is 1160. The second-order valence-corrected chi connectivity index (χ2v) is 8.63. The monoisotopic (exact) mass is 433 g/mol. The molecular weight excluding hydrogens is 410 g/mol. The molecule has 4 rings (SSSR count). The molecule has 1 atom stereocenters. The number of halogens is 1. The van der Waals surface area contributed by atoms with E-state index in [0.29, 0.717) is 29.4 Å². The number of nitriles is 1. The van der Waals surface area contributed by atoms with Crippen LogP contribution in [0.15, 0.2) is 48.5 Å². The molecule has 31 heavy (non-hydrogen) atoms. The van der Waals surface area contributed by atoms with Gasteiger partial charge in [0.2, 0.25) is 0 Å². The van der Waals surface area contributed by atoms with Gasteiger partial charge in [0.05, 0.1) is 23.4 Å². The van der Waals surface area contributed by atoms with Crippen molar-refractivity contribution < 1.29 is 4.79 Å². The van der Waals surface area contributed by atoms with Gasteiger partial charge in [-0.3, -0.25) is 9.48 Å². The van der Waals surface area contributed by atoms with Gasteiger partial charge in [0.1, 0.15) is 5.69 Å². The predicted molar refractivity (Wildman–Crippen MR) is 122 cm³/mol. The van der Waals surface area contributed by atoms with Gasteiger partial charge in [-0.2, -0.15) is 10.4 Å². The van der Waals surface area contributed by atoms with Crippen molar-refractivity contribution in [3.05, 3.63) is 70.4 Å². The largest absolute Gasteiger partial charge is 0.382 e. The minimum absolute atomic E-state index is 0.0476. The molecule has 6 nitrogen and oxygen atoms in total. The summed E-state index contributed by atoms with van der Waals surface area (Å²) >= 11 is 6.21. The number of carbonyl (C=O) groups is 1. The molecule has 0 saturated heterocycles. The van der Waals surface area contributed by atoms with Crippen LogP contribution >= 0.6 is 11.6 Å². The number of rotatable bonds is 5. The van der Waals surface area contributed by atoms with Gasteiger partial charge in [-0.25, -0.2) is 0 Å². The highest BCUT2D eigenvalue weighted by atomic mass is 35.5. The minimum atomic E-state index is -0.0476. The van der Waals surface area contributed by atoms with E-state index >= 15 is 0 Å². The molecule has 1 amide bonds. The van der Waals surface area contributed by atoms with E-state index in [1.54, 1.807) is 12.1 Å². The van der Waals surface area contributed by atoms with Crippen LogP contribution in [0, 0.1) is 11.3 Å². The first-order valence-electron chi connectivity index (χ1n) is 10.3. The van der Waals surface area contributed by atoms with E-state index in [4.69, 9.17) is 22.0 Å². The third-order valence-corrected chi connectivity index (χ3v) is 5.54. The van der Waals surface area contributed by atoms with Gasteiger partial charge in [-0.1, -0.05) is 23.7 Å². The molecule has 0 saturated carbocycles. The van der Waals surface area contributed by atoms with Gasteiger partial charge in [-0.05, 0) is 62.7 Å². The fraction of sp³-hybridized carbons (Fsp3) is 0.292. The Kier molecular flexibility index (Phi) is 5.71. The molecule has 7 heteroatoms. The van der Waals surface area contributed by atoms with Crippen molar-refractivity contribution in [3.8, 4) is 17.3 Å². The summed E-state index contributed by atoms with van der Waals surface area (Å²) in [6.45, 7) is 7.26. The topological polar surface area (TPSA) is 74.0 Å². The number of benzene rings is 2. The number of carbonyl (C=O) groups excluding carboxylic acids is 1. The molecule has 158 valence electrons. The van der Waals surface area contributed by atoms with Crippen LogP contribution in [0.2, 0.25) is 5.02 Å². The molecule has 2 aromatic carbocycles. The van der Waals surface area contributed by atoms with Crippen LogP contribution in [-0.4, -0.2) is 33.2 Å². The lowest BCUT2D eigenvalue weighted by molar-refractivity contribution is 0.0651. The van der Waals surface area contributed by atoms with E-state index in [2.05, 4.69) is 32.2 Å². The smallest absolute Gasteiger partial charge is 0.272 e. The molecular formula is C24H24ClN5O. The van der Waals surface area contributed by atoms with Crippen molar-refractivity contribution in [2.24, 2.45) is 0 Å². The summed E-state index contributed by atoms with van der Waals surface area (Å²) in [5.41, 5.74) is 4.74. The summed E-state index contributed by atoms with van der Waals surface area (Å²) in [6.07, 6.45) is 0. The molecule has 1 aliphatic rings. The molecule has 0 radical (unpaired) electrons. The normalized spacial score (nSPS) is 15.7. The Morgan fingerprint density at radius 2 is 1.97 bits per heavy atom. The fourth-order valence-electron chi connectivity index (χ4n) is 3.87. The van der Waals surface area contributed by atoms with E-state index in [0.717, 1.165) is 22.5 Å². The minimum Gasteiger partial charge on any atom is -0.382 e. The molecule has 0 bridgehead atoms. The van der Waals surface area contributed by atoms with Crippen LogP contribution in [0.5, 0.6) is 0 Å². The molecule has 1 aliphatic heterocycles. The Morgan fingerprint density at radius 1 is 1.23 bits per heavy atom. The lowest BCUT2D eigenvalue weighted by atomic mass is 10.1. The van der Waals surface area contributed by atoms with E-state index in [1.165, 1.54) is 0 Å².